The Labute approximate surface area is 190 Å². The van der Waals surface area contributed by atoms with Crippen LogP contribution in [0.4, 0.5) is 10.1 Å². The van der Waals surface area contributed by atoms with Crippen molar-refractivity contribution in [3.63, 3.8) is 0 Å². The molecule has 0 saturated carbocycles. The molecule has 0 aliphatic heterocycles. The maximum Gasteiger partial charge on any atom is 0.257 e. The standard InChI is InChI=1S/C22H13Cl2FN6O/c23-17-9-15(14-3-1-2-12-4-5-26-20(12)14)19(25)10-16(17)22(32)30-13-8-18(24)21(27-11-13)31-28-6-7-29-31/h1-11,26H,(H,30,32). The van der Waals surface area contributed by atoms with Crippen LogP contribution in [-0.4, -0.2) is 30.9 Å². The smallest absolute Gasteiger partial charge is 0.257 e. The number of pyridine rings is 1. The first-order chi connectivity index (χ1) is 15.5. The lowest BCUT2D eigenvalue weighted by Crippen LogP contribution is -2.14. The molecule has 0 spiro atoms. The SMILES string of the molecule is O=C(Nc1cnc(-n2nccn2)c(Cl)c1)c1cc(F)c(-c2cccc3cc[nH]c23)cc1Cl. The molecule has 32 heavy (non-hydrogen) atoms. The fourth-order valence-corrected chi connectivity index (χ4v) is 3.90. The summed E-state index contributed by atoms with van der Waals surface area (Å²) in [5.74, 6) is -0.860. The number of benzene rings is 2. The fraction of sp³-hybridized carbons (Fsp3) is 0. The van der Waals surface area contributed by atoms with Gasteiger partial charge in [-0.3, -0.25) is 4.79 Å². The molecular formula is C22H13Cl2FN6O. The first-order valence-corrected chi connectivity index (χ1v) is 10.2. The van der Waals surface area contributed by atoms with Crippen LogP contribution < -0.4 is 5.32 Å². The molecule has 10 heteroatoms. The predicted octanol–water partition coefficient (Wildman–Crippen LogP) is 5.51. The summed E-state index contributed by atoms with van der Waals surface area (Å²) in [4.78, 5) is 21.3. The third-order valence-electron chi connectivity index (χ3n) is 4.87. The highest BCUT2D eigenvalue weighted by Gasteiger charge is 2.18. The number of carbonyl (C=O) groups excluding carboxylic acids is 1. The van der Waals surface area contributed by atoms with Gasteiger partial charge in [-0.25, -0.2) is 9.37 Å². The number of nitrogens with one attached hydrogen (secondary N) is 2. The van der Waals surface area contributed by atoms with Crippen LogP contribution in [0.3, 0.4) is 0 Å². The summed E-state index contributed by atoms with van der Waals surface area (Å²) in [6.07, 6.45) is 6.16. The van der Waals surface area contributed by atoms with Gasteiger partial charge in [0, 0.05) is 17.3 Å². The molecule has 0 aliphatic carbocycles. The molecule has 0 radical (unpaired) electrons. The van der Waals surface area contributed by atoms with Crippen molar-refractivity contribution in [1.29, 1.82) is 0 Å². The predicted molar refractivity (Wildman–Crippen MR) is 121 cm³/mol. The van der Waals surface area contributed by atoms with E-state index >= 15 is 4.39 Å². The lowest BCUT2D eigenvalue weighted by molar-refractivity contribution is 0.102. The Kier molecular flexibility index (Phi) is 5.08. The van der Waals surface area contributed by atoms with E-state index in [0.29, 0.717) is 22.6 Å². The molecule has 3 heterocycles. The van der Waals surface area contributed by atoms with Crippen molar-refractivity contribution < 1.29 is 9.18 Å². The van der Waals surface area contributed by atoms with Crippen LogP contribution in [0.1, 0.15) is 10.4 Å². The number of para-hydroxylation sites is 1. The average molecular weight is 467 g/mol. The van der Waals surface area contributed by atoms with Gasteiger partial charge in [-0.15, -0.1) is 4.80 Å². The van der Waals surface area contributed by atoms with Gasteiger partial charge in [0.25, 0.3) is 5.91 Å². The summed E-state index contributed by atoms with van der Waals surface area (Å²) in [6.45, 7) is 0. The zero-order valence-electron chi connectivity index (χ0n) is 16.2. The highest BCUT2D eigenvalue weighted by molar-refractivity contribution is 6.35. The fourth-order valence-electron chi connectivity index (χ4n) is 3.41. The Morgan fingerprint density at radius 1 is 1.03 bits per heavy atom. The van der Waals surface area contributed by atoms with Crippen molar-refractivity contribution in [2.24, 2.45) is 0 Å². The van der Waals surface area contributed by atoms with E-state index in [2.05, 4.69) is 25.5 Å². The molecule has 0 unspecified atom stereocenters. The number of rotatable bonds is 4. The molecule has 3 aromatic heterocycles. The highest BCUT2D eigenvalue weighted by Crippen LogP contribution is 2.33. The molecule has 2 N–H and O–H groups in total. The molecule has 2 aromatic carbocycles. The number of aromatic amines is 1. The van der Waals surface area contributed by atoms with Gasteiger partial charge in [0.1, 0.15) is 5.82 Å². The van der Waals surface area contributed by atoms with Crippen LogP contribution in [0.2, 0.25) is 10.0 Å². The topological polar surface area (TPSA) is 88.5 Å². The summed E-state index contributed by atoms with van der Waals surface area (Å²) in [5, 5.41) is 11.8. The quantitative estimate of drug-likeness (QED) is 0.365. The lowest BCUT2D eigenvalue weighted by atomic mass is 10.0. The maximum absolute atomic E-state index is 15.0. The number of aromatic nitrogens is 5. The number of carbonyl (C=O) groups is 1. The minimum atomic E-state index is -0.596. The minimum Gasteiger partial charge on any atom is -0.361 e. The Morgan fingerprint density at radius 3 is 2.62 bits per heavy atom. The number of hydrogen-bond donors (Lipinski definition) is 2. The van der Waals surface area contributed by atoms with Gasteiger partial charge in [0.2, 0.25) is 0 Å². The second kappa shape index (κ2) is 8.07. The third-order valence-corrected chi connectivity index (χ3v) is 5.46. The van der Waals surface area contributed by atoms with Crippen LogP contribution in [0.15, 0.2) is 67.3 Å². The Bertz CT molecular complexity index is 1470. The normalized spacial score (nSPS) is 11.1. The molecule has 0 saturated heterocycles. The van der Waals surface area contributed by atoms with Crippen molar-refractivity contribution in [1.82, 2.24) is 25.0 Å². The number of fused-ring (bicyclic) bond motifs is 1. The lowest BCUT2D eigenvalue weighted by Gasteiger charge is -2.11. The average Bonchev–Trinajstić information content (AvgIpc) is 3.47. The second-order valence-corrected chi connectivity index (χ2v) is 7.68. The molecule has 1 amide bonds. The first kappa shape index (κ1) is 20.2. The monoisotopic (exact) mass is 466 g/mol. The van der Waals surface area contributed by atoms with Crippen molar-refractivity contribution in [2.75, 3.05) is 5.32 Å². The largest absolute Gasteiger partial charge is 0.361 e. The summed E-state index contributed by atoms with van der Waals surface area (Å²) in [6, 6.07) is 11.5. The number of amides is 1. The van der Waals surface area contributed by atoms with Gasteiger partial charge in [0.05, 0.1) is 45.4 Å². The summed E-state index contributed by atoms with van der Waals surface area (Å²) in [5.41, 5.74) is 2.03. The van der Waals surface area contributed by atoms with E-state index in [9.17, 15) is 4.79 Å². The third kappa shape index (κ3) is 3.59. The molecule has 0 aliphatic rings. The van der Waals surface area contributed by atoms with E-state index in [-0.39, 0.29) is 15.6 Å². The zero-order chi connectivity index (χ0) is 22.2. The molecule has 158 valence electrons. The number of anilines is 1. The van der Waals surface area contributed by atoms with Gasteiger partial charge < -0.3 is 10.3 Å². The Hall–Kier alpha value is -3.75. The van der Waals surface area contributed by atoms with Crippen molar-refractivity contribution in [2.45, 2.75) is 0 Å². The molecule has 5 aromatic rings. The van der Waals surface area contributed by atoms with Crippen LogP contribution in [0, 0.1) is 5.82 Å². The Morgan fingerprint density at radius 2 is 1.84 bits per heavy atom. The number of H-pyrrole nitrogens is 1. The van der Waals surface area contributed by atoms with Gasteiger partial charge in [-0.2, -0.15) is 10.2 Å². The highest BCUT2D eigenvalue weighted by atomic mass is 35.5. The first-order valence-electron chi connectivity index (χ1n) is 9.40. The summed E-state index contributed by atoms with van der Waals surface area (Å²) < 4.78 is 15.0. The van der Waals surface area contributed by atoms with Crippen LogP contribution >= 0.6 is 23.2 Å². The summed E-state index contributed by atoms with van der Waals surface area (Å²) in [7, 11) is 0. The zero-order valence-corrected chi connectivity index (χ0v) is 17.7. The molecular weight excluding hydrogens is 454 g/mol. The molecule has 7 nitrogen and oxygen atoms in total. The van der Waals surface area contributed by atoms with Crippen LogP contribution in [0.25, 0.3) is 27.8 Å². The molecule has 5 rings (SSSR count). The van der Waals surface area contributed by atoms with Crippen molar-refractivity contribution in [3.05, 3.63) is 88.7 Å². The number of nitrogens with zero attached hydrogens (tertiary/aromatic N) is 4. The van der Waals surface area contributed by atoms with Gasteiger partial charge >= 0.3 is 0 Å². The van der Waals surface area contributed by atoms with Gasteiger partial charge in [-0.05, 0) is 29.7 Å². The van der Waals surface area contributed by atoms with E-state index in [0.717, 1.165) is 17.0 Å². The number of halogens is 3. The van der Waals surface area contributed by atoms with E-state index in [1.54, 1.807) is 12.3 Å². The van der Waals surface area contributed by atoms with Crippen molar-refractivity contribution >= 4 is 45.7 Å². The van der Waals surface area contributed by atoms with E-state index in [4.69, 9.17) is 23.2 Å². The van der Waals surface area contributed by atoms with Crippen LogP contribution in [-0.2, 0) is 0 Å². The van der Waals surface area contributed by atoms with Gasteiger partial charge in [0.15, 0.2) is 5.82 Å². The summed E-state index contributed by atoms with van der Waals surface area (Å²) >= 11 is 12.6. The number of hydrogen-bond acceptors (Lipinski definition) is 4. The molecule has 0 bridgehead atoms. The molecule has 0 atom stereocenters. The maximum atomic E-state index is 15.0. The minimum absolute atomic E-state index is 0.0134. The van der Waals surface area contributed by atoms with Crippen LogP contribution in [0.5, 0.6) is 0 Å². The van der Waals surface area contributed by atoms with E-state index in [1.807, 2.05) is 18.2 Å². The van der Waals surface area contributed by atoms with Crippen molar-refractivity contribution in [3.8, 4) is 16.9 Å². The van der Waals surface area contributed by atoms with Gasteiger partial charge in [-0.1, -0.05) is 41.4 Å². The van der Waals surface area contributed by atoms with E-state index < -0.39 is 11.7 Å². The Balaban J connectivity index is 1.44. The van der Waals surface area contributed by atoms with E-state index in [1.165, 1.54) is 35.5 Å². The molecule has 0 fully saturated rings. The second-order valence-electron chi connectivity index (χ2n) is 6.86.